The Hall–Kier alpha value is -1.55. The van der Waals surface area contributed by atoms with Crippen molar-refractivity contribution in [3.8, 4) is 5.75 Å². The van der Waals surface area contributed by atoms with Gasteiger partial charge in [-0.1, -0.05) is 39.0 Å². The van der Waals surface area contributed by atoms with E-state index in [9.17, 15) is 4.79 Å². The van der Waals surface area contributed by atoms with Crippen molar-refractivity contribution < 1.29 is 9.53 Å². The summed E-state index contributed by atoms with van der Waals surface area (Å²) in [6.45, 7) is 8.59. The third-order valence-electron chi connectivity index (χ3n) is 2.60. The summed E-state index contributed by atoms with van der Waals surface area (Å²) in [7, 11) is 0. The standard InChI is InChI=1S/C15H24N2O2/c1-4-16-10-13-7-5-6-8-14(13)19-11-15(18)17-9-12(2)3/h5-8,12,16H,4,9-11H2,1-3H3,(H,17,18). The number of ether oxygens (including phenoxy) is 1. The van der Waals surface area contributed by atoms with Crippen LogP contribution in [0.4, 0.5) is 0 Å². The number of carbonyl (C=O) groups excluding carboxylic acids is 1. The lowest BCUT2D eigenvalue weighted by molar-refractivity contribution is -0.123. The van der Waals surface area contributed by atoms with Crippen LogP contribution in [0.3, 0.4) is 0 Å². The Labute approximate surface area is 115 Å². The van der Waals surface area contributed by atoms with Gasteiger partial charge in [-0.3, -0.25) is 4.79 Å². The highest BCUT2D eigenvalue weighted by molar-refractivity contribution is 5.77. The van der Waals surface area contributed by atoms with Crippen molar-refractivity contribution in [3.05, 3.63) is 29.8 Å². The smallest absolute Gasteiger partial charge is 0.257 e. The Morgan fingerprint density at radius 2 is 2.05 bits per heavy atom. The van der Waals surface area contributed by atoms with Crippen molar-refractivity contribution in [2.75, 3.05) is 19.7 Å². The Balaban J connectivity index is 2.45. The number of carbonyl (C=O) groups is 1. The second-order valence-corrected chi connectivity index (χ2v) is 4.87. The number of para-hydroxylation sites is 1. The lowest BCUT2D eigenvalue weighted by Gasteiger charge is -2.12. The molecular formula is C15H24N2O2. The average Bonchev–Trinajstić information content (AvgIpc) is 2.41. The van der Waals surface area contributed by atoms with Gasteiger partial charge in [-0.25, -0.2) is 0 Å². The quantitative estimate of drug-likeness (QED) is 0.754. The van der Waals surface area contributed by atoms with Crippen LogP contribution in [0.1, 0.15) is 26.3 Å². The molecule has 0 aliphatic carbocycles. The molecule has 0 bridgehead atoms. The summed E-state index contributed by atoms with van der Waals surface area (Å²) in [6.07, 6.45) is 0. The second kappa shape index (κ2) is 8.53. The molecule has 0 aromatic heterocycles. The molecule has 106 valence electrons. The lowest BCUT2D eigenvalue weighted by atomic mass is 10.2. The van der Waals surface area contributed by atoms with Crippen LogP contribution in [0.25, 0.3) is 0 Å². The van der Waals surface area contributed by atoms with Gasteiger partial charge in [-0.15, -0.1) is 0 Å². The molecule has 0 radical (unpaired) electrons. The Morgan fingerprint density at radius 3 is 2.74 bits per heavy atom. The molecule has 2 N–H and O–H groups in total. The molecule has 4 nitrogen and oxygen atoms in total. The fourth-order valence-electron chi connectivity index (χ4n) is 1.56. The van der Waals surface area contributed by atoms with Gasteiger partial charge in [0.1, 0.15) is 5.75 Å². The summed E-state index contributed by atoms with van der Waals surface area (Å²) in [5, 5.41) is 6.09. The van der Waals surface area contributed by atoms with E-state index in [0.29, 0.717) is 12.5 Å². The number of rotatable bonds is 8. The molecule has 0 spiro atoms. The van der Waals surface area contributed by atoms with Gasteiger partial charge >= 0.3 is 0 Å². The van der Waals surface area contributed by atoms with Gasteiger partial charge in [0, 0.05) is 18.7 Å². The molecule has 19 heavy (non-hydrogen) atoms. The number of hydrogen-bond donors (Lipinski definition) is 2. The molecule has 1 aromatic rings. The van der Waals surface area contributed by atoms with Crippen LogP contribution >= 0.6 is 0 Å². The van der Waals surface area contributed by atoms with Crippen LogP contribution in [0.2, 0.25) is 0 Å². The zero-order chi connectivity index (χ0) is 14.1. The lowest BCUT2D eigenvalue weighted by Crippen LogP contribution is -2.31. The Morgan fingerprint density at radius 1 is 1.32 bits per heavy atom. The maximum atomic E-state index is 11.6. The highest BCUT2D eigenvalue weighted by atomic mass is 16.5. The van der Waals surface area contributed by atoms with Crippen molar-refractivity contribution in [2.45, 2.75) is 27.3 Å². The molecular weight excluding hydrogens is 240 g/mol. The third-order valence-corrected chi connectivity index (χ3v) is 2.60. The van der Waals surface area contributed by atoms with Gasteiger partial charge in [0.25, 0.3) is 5.91 Å². The molecule has 0 aliphatic rings. The van der Waals surface area contributed by atoms with E-state index in [4.69, 9.17) is 4.74 Å². The summed E-state index contributed by atoms with van der Waals surface area (Å²) >= 11 is 0. The predicted molar refractivity (Wildman–Crippen MR) is 77.2 cm³/mol. The number of nitrogens with one attached hydrogen (secondary N) is 2. The average molecular weight is 264 g/mol. The highest BCUT2D eigenvalue weighted by Crippen LogP contribution is 2.17. The van der Waals surface area contributed by atoms with Gasteiger partial charge in [0.15, 0.2) is 6.61 Å². The predicted octanol–water partition coefficient (Wildman–Crippen LogP) is 1.95. The van der Waals surface area contributed by atoms with E-state index in [0.717, 1.165) is 24.4 Å². The van der Waals surface area contributed by atoms with Crippen LogP contribution in [-0.2, 0) is 11.3 Å². The van der Waals surface area contributed by atoms with Crippen LogP contribution in [0.5, 0.6) is 5.75 Å². The molecule has 1 rings (SSSR count). The molecule has 0 fully saturated rings. The van der Waals surface area contributed by atoms with Crippen LogP contribution in [0.15, 0.2) is 24.3 Å². The zero-order valence-corrected chi connectivity index (χ0v) is 12.0. The molecule has 0 saturated carbocycles. The fourth-order valence-corrected chi connectivity index (χ4v) is 1.56. The normalized spacial score (nSPS) is 10.5. The molecule has 4 heteroatoms. The first-order valence-corrected chi connectivity index (χ1v) is 6.81. The van der Waals surface area contributed by atoms with E-state index in [1.165, 1.54) is 0 Å². The zero-order valence-electron chi connectivity index (χ0n) is 12.0. The molecule has 0 saturated heterocycles. The van der Waals surface area contributed by atoms with E-state index in [-0.39, 0.29) is 12.5 Å². The minimum absolute atomic E-state index is 0.0653. The Kier molecular flexibility index (Phi) is 6.97. The first-order chi connectivity index (χ1) is 9.13. The second-order valence-electron chi connectivity index (χ2n) is 4.87. The van der Waals surface area contributed by atoms with Gasteiger partial charge in [-0.05, 0) is 18.5 Å². The number of benzene rings is 1. The van der Waals surface area contributed by atoms with E-state index in [2.05, 4.69) is 31.4 Å². The molecule has 0 unspecified atom stereocenters. The summed E-state index contributed by atoms with van der Waals surface area (Å²) in [4.78, 5) is 11.6. The van der Waals surface area contributed by atoms with E-state index < -0.39 is 0 Å². The van der Waals surface area contributed by atoms with Crippen LogP contribution in [-0.4, -0.2) is 25.6 Å². The largest absolute Gasteiger partial charge is 0.483 e. The van der Waals surface area contributed by atoms with Crippen molar-refractivity contribution in [1.29, 1.82) is 0 Å². The van der Waals surface area contributed by atoms with Crippen LogP contribution < -0.4 is 15.4 Å². The van der Waals surface area contributed by atoms with Crippen molar-refractivity contribution >= 4 is 5.91 Å². The van der Waals surface area contributed by atoms with Gasteiger partial charge in [0.05, 0.1) is 0 Å². The third kappa shape index (κ3) is 6.25. The van der Waals surface area contributed by atoms with Gasteiger partial charge < -0.3 is 15.4 Å². The number of hydrogen-bond acceptors (Lipinski definition) is 3. The summed E-state index contributed by atoms with van der Waals surface area (Å²) < 4.78 is 5.58. The van der Waals surface area contributed by atoms with Crippen LogP contribution in [0, 0.1) is 5.92 Å². The first-order valence-electron chi connectivity index (χ1n) is 6.81. The van der Waals surface area contributed by atoms with E-state index in [1.54, 1.807) is 0 Å². The maximum absolute atomic E-state index is 11.6. The highest BCUT2D eigenvalue weighted by Gasteiger charge is 2.06. The van der Waals surface area contributed by atoms with Crippen molar-refractivity contribution in [3.63, 3.8) is 0 Å². The molecule has 0 atom stereocenters. The summed E-state index contributed by atoms with van der Waals surface area (Å²) in [5.74, 6) is 1.14. The van der Waals surface area contributed by atoms with Crippen molar-refractivity contribution in [1.82, 2.24) is 10.6 Å². The molecule has 0 aliphatic heterocycles. The molecule has 0 heterocycles. The van der Waals surface area contributed by atoms with Crippen molar-refractivity contribution in [2.24, 2.45) is 5.92 Å². The molecule has 1 aromatic carbocycles. The summed E-state index contributed by atoms with van der Waals surface area (Å²) in [6, 6.07) is 7.78. The van der Waals surface area contributed by atoms with Gasteiger partial charge in [0.2, 0.25) is 0 Å². The van der Waals surface area contributed by atoms with E-state index >= 15 is 0 Å². The topological polar surface area (TPSA) is 50.4 Å². The Bertz CT molecular complexity index is 391. The first kappa shape index (κ1) is 15.5. The van der Waals surface area contributed by atoms with E-state index in [1.807, 2.05) is 24.3 Å². The van der Waals surface area contributed by atoms with Gasteiger partial charge in [-0.2, -0.15) is 0 Å². The molecule has 1 amide bonds. The number of amides is 1. The minimum atomic E-state index is -0.0769. The monoisotopic (exact) mass is 264 g/mol. The minimum Gasteiger partial charge on any atom is -0.483 e. The maximum Gasteiger partial charge on any atom is 0.257 e. The SMILES string of the molecule is CCNCc1ccccc1OCC(=O)NCC(C)C. The summed E-state index contributed by atoms with van der Waals surface area (Å²) in [5.41, 5.74) is 1.07. The fraction of sp³-hybridized carbons (Fsp3) is 0.533.